The van der Waals surface area contributed by atoms with Crippen LogP contribution in [0.4, 0.5) is 5.82 Å². The van der Waals surface area contributed by atoms with Crippen LogP contribution < -0.4 is 5.32 Å². The summed E-state index contributed by atoms with van der Waals surface area (Å²) in [6, 6.07) is 9.30. The molecular weight excluding hydrogens is 338 g/mol. The Morgan fingerprint density at radius 2 is 1.96 bits per heavy atom. The Kier molecular flexibility index (Phi) is 3.65. The summed E-state index contributed by atoms with van der Waals surface area (Å²) in [7, 11) is 0. The fraction of sp³-hybridized carbons (Fsp3) is 0.111. The molecule has 0 saturated carbocycles. The van der Waals surface area contributed by atoms with Gasteiger partial charge < -0.3 is 14.3 Å². The summed E-state index contributed by atoms with van der Waals surface area (Å²) in [5.74, 6) is -0.00281. The van der Waals surface area contributed by atoms with Gasteiger partial charge in [0, 0.05) is 11.6 Å². The number of amides is 3. The van der Waals surface area contributed by atoms with Crippen LogP contribution in [0.15, 0.2) is 51.6 Å². The number of anilines is 1. The number of aromatic nitrogens is 1. The number of carbonyl (C=O) groups is 3. The molecule has 1 aliphatic rings. The first-order valence-corrected chi connectivity index (χ1v) is 7.80. The van der Waals surface area contributed by atoms with E-state index in [-0.39, 0.29) is 29.1 Å². The summed E-state index contributed by atoms with van der Waals surface area (Å²) in [6.45, 7) is 1.75. The van der Waals surface area contributed by atoms with Crippen molar-refractivity contribution in [3.63, 3.8) is 0 Å². The van der Waals surface area contributed by atoms with Crippen LogP contribution in [0.2, 0.25) is 0 Å². The van der Waals surface area contributed by atoms with E-state index >= 15 is 0 Å². The van der Waals surface area contributed by atoms with Gasteiger partial charge in [0.25, 0.3) is 17.7 Å². The third-order valence-corrected chi connectivity index (χ3v) is 4.00. The van der Waals surface area contributed by atoms with Crippen LogP contribution >= 0.6 is 0 Å². The van der Waals surface area contributed by atoms with Crippen LogP contribution in [-0.2, 0) is 6.54 Å². The van der Waals surface area contributed by atoms with Crippen molar-refractivity contribution in [2.24, 2.45) is 0 Å². The Morgan fingerprint density at radius 3 is 2.65 bits per heavy atom. The van der Waals surface area contributed by atoms with Gasteiger partial charge in [-0.1, -0.05) is 5.16 Å². The SMILES string of the molecule is Cc1cc(NC(=O)c2ccc3c(c2)C(=O)N(Cc2ccco2)C3=O)no1. The van der Waals surface area contributed by atoms with Gasteiger partial charge >= 0.3 is 0 Å². The molecule has 3 amide bonds. The zero-order valence-corrected chi connectivity index (χ0v) is 13.7. The second-order valence-corrected chi connectivity index (χ2v) is 5.81. The number of benzene rings is 1. The van der Waals surface area contributed by atoms with Crippen LogP contribution in [0.5, 0.6) is 0 Å². The van der Waals surface area contributed by atoms with Gasteiger partial charge in [0.1, 0.15) is 11.5 Å². The van der Waals surface area contributed by atoms with Gasteiger partial charge in [-0.15, -0.1) is 0 Å². The standard InChI is InChI=1S/C18H13N3O5/c1-10-7-15(20-26-10)19-16(22)11-4-5-13-14(8-11)18(24)21(17(13)23)9-12-3-2-6-25-12/h2-8H,9H2,1H3,(H,19,20,22). The van der Waals surface area contributed by atoms with Gasteiger partial charge in [-0.2, -0.15) is 0 Å². The van der Waals surface area contributed by atoms with Crippen molar-refractivity contribution in [2.75, 3.05) is 5.32 Å². The summed E-state index contributed by atoms with van der Waals surface area (Å²) in [6.07, 6.45) is 1.47. The fourth-order valence-corrected chi connectivity index (χ4v) is 2.75. The highest BCUT2D eigenvalue weighted by Crippen LogP contribution is 2.26. The Labute approximate surface area is 147 Å². The molecule has 3 aromatic rings. The van der Waals surface area contributed by atoms with Crippen molar-refractivity contribution in [1.29, 1.82) is 0 Å². The number of imide groups is 1. The molecule has 0 bridgehead atoms. The first-order chi connectivity index (χ1) is 12.5. The number of fused-ring (bicyclic) bond motifs is 1. The molecule has 26 heavy (non-hydrogen) atoms. The van der Waals surface area contributed by atoms with Crippen LogP contribution in [0.25, 0.3) is 0 Å². The van der Waals surface area contributed by atoms with E-state index in [9.17, 15) is 14.4 Å². The van der Waals surface area contributed by atoms with E-state index in [4.69, 9.17) is 8.94 Å². The fourth-order valence-electron chi connectivity index (χ4n) is 2.75. The van der Waals surface area contributed by atoms with E-state index in [1.807, 2.05) is 0 Å². The molecule has 0 fully saturated rings. The molecule has 0 radical (unpaired) electrons. The van der Waals surface area contributed by atoms with E-state index < -0.39 is 17.7 Å². The lowest BCUT2D eigenvalue weighted by Gasteiger charge is -2.11. The third kappa shape index (κ3) is 2.67. The second kappa shape index (κ2) is 5.99. The van der Waals surface area contributed by atoms with Gasteiger partial charge in [-0.25, -0.2) is 0 Å². The number of nitrogens with one attached hydrogen (secondary N) is 1. The lowest BCUT2D eigenvalue weighted by molar-refractivity contribution is 0.0631. The third-order valence-electron chi connectivity index (χ3n) is 4.00. The molecule has 0 unspecified atom stereocenters. The van der Waals surface area contributed by atoms with E-state index in [2.05, 4.69) is 10.5 Å². The van der Waals surface area contributed by atoms with Crippen molar-refractivity contribution >= 4 is 23.5 Å². The number of aryl methyl sites for hydroxylation is 1. The highest BCUT2D eigenvalue weighted by Gasteiger charge is 2.36. The van der Waals surface area contributed by atoms with Crippen LogP contribution in [0.1, 0.15) is 42.6 Å². The molecule has 4 rings (SSSR count). The van der Waals surface area contributed by atoms with Crippen molar-refractivity contribution in [3.8, 4) is 0 Å². The topological polar surface area (TPSA) is 106 Å². The van der Waals surface area contributed by atoms with Gasteiger partial charge in [0.05, 0.1) is 23.9 Å². The van der Waals surface area contributed by atoms with Crippen LogP contribution in [0, 0.1) is 6.92 Å². The Bertz CT molecular complexity index is 1020. The number of nitrogens with zero attached hydrogens (tertiary/aromatic N) is 2. The maximum atomic E-state index is 12.6. The Hall–Kier alpha value is -3.68. The molecule has 3 heterocycles. The normalized spacial score (nSPS) is 13.2. The van der Waals surface area contributed by atoms with Crippen molar-refractivity contribution < 1.29 is 23.3 Å². The van der Waals surface area contributed by atoms with Crippen molar-refractivity contribution in [2.45, 2.75) is 13.5 Å². The van der Waals surface area contributed by atoms with Crippen LogP contribution in [0.3, 0.4) is 0 Å². The second-order valence-electron chi connectivity index (χ2n) is 5.81. The molecule has 8 heteroatoms. The van der Waals surface area contributed by atoms with E-state index in [1.54, 1.807) is 25.1 Å². The molecule has 8 nitrogen and oxygen atoms in total. The molecule has 0 aliphatic carbocycles. The monoisotopic (exact) mass is 351 g/mol. The minimum absolute atomic E-state index is 0.0408. The van der Waals surface area contributed by atoms with E-state index in [0.29, 0.717) is 11.5 Å². The maximum absolute atomic E-state index is 12.6. The number of hydrogen-bond acceptors (Lipinski definition) is 6. The van der Waals surface area contributed by atoms with E-state index in [1.165, 1.54) is 24.5 Å². The molecule has 1 aromatic carbocycles. The highest BCUT2D eigenvalue weighted by molar-refractivity contribution is 6.22. The molecule has 1 aliphatic heterocycles. The lowest BCUT2D eigenvalue weighted by atomic mass is 10.1. The lowest BCUT2D eigenvalue weighted by Crippen LogP contribution is -2.28. The maximum Gasteiger partial charge on any atom is 0.261 e. The minimum atomic E-state index is -0.465. The summed E-state index contributed by atoms with van der Waals surface area (Å²) in [5, 5.41) is 6.26. The zero-order valence-electron chi connectivity index (χ0n) is 13.7. The molecule has 2 aromatic heterocycles. The number of hydrogen-bond donors (Lipinski definition) is 1. The summed E-state index contributed by atoms with van der Waals surface area (Å²) >= 11 is 0. The predicted molar refractivity (Wildman–Crippen MR) is 88.5 cm³/mol. The van der Waals surface area contributed by atoms with Crippen LogP contribution in [-0.4, -0.2) is 27.8 Å². The van der Waals surface area contributed by atoms with E-state index in [0.717, 1.165) is 4.90 Å². The summed E-state index contributed by atoms with van der Waals surface area (Å²) in [5.41, 5.74) is 0.686. The average molecular weight is 351 g/mol. The first-order valence-electron chi connectivity index (χ1n) is 7.80. The molecule has 1 N–H and O–H groups in total. The van der Waals surface area contributed by atoms with Crippen molar-refractivity contribution in [3.05, 3.63) is 70.9 Å². The average Bonchev–Trinajstić information content (AvgIpc) is 3.33. The van der Waals surface area contributed by atoms with Gasteiger partial charge in [-0.05, 0) is 37.3 Å². The number of furan rings is 1. The molecule has 0 atom stereocenters. The Balaban J connectivity index is 1.58. The quantitative estimate of drug-likeness (QED) is 0.724. The molecule has 0 spiro atoms. The summed E-state index contributed by atoms with van der Waals surface area (Å²) < 4.78 is 10.1. The number of rotatable bonds is 4. The zero-order chi connectivity index (χ0) is 18.3. The summed E-state index contributed by atoms with van der Waals surface area (Å²) in [4.78, 5) is 38.4. The predicted octanol–water partition coefficient (Wildman–Crippen LogP) is 2.62. The first kappa shape index (κ1) is 15.8. The van der Waals surface area contributed by atoms with Gasteiger partial charge in [0.15, 0.2) is 5.82 Å². The molecule has 0 saturated heterocycles. The molecule has 130 valence electrons. The minimum Gasteiger partial charge on any atom is -0.467 e. The number of carbonyl (C=O) groups excluding carboxylic acids is 3. The van der Waals surface area contributed by atoms with Gasteiger partial charge in [-0.3, -0.25) is 19.3 Å². The smallest absolute Gasteiger partial charge is 0.261 e. The van der Waals surface area contributed by atoms with Gasteiger partial charge in [0.2, 0.25) is 0 Å². The largest absolute Gasteiger partial charge is 0.467 e. The Morgan fingerprint density at radius 1 is 1.15 bits per heavy atom. The van der Waals surface area contributed by atoms with Crippen molar-refractivity contribution in [1.82, 2.24) is 10.1 Å². The highest BCUT2D eigenvalue weighted by atomic mass is 16.5. The molecular formula is C18H13N3O5.